The number of carbonyl (C=O) groups excluding carboxylic acids is 1. The Hall–Kier alpha value is -1.32. The minimum absolute atomic E-state index is 0.0483. The number of amides is 1. The average Bonchev–Trinajstić information content (AvgIpc) is 2.69. The lowest BCUT2D eigenvalue weighted by Gasteiger charge is -2.38. The maximum absolute atomic E-state index is 12.1. The smallest absolute Gasteiger partial charge is 0.319 e. The summed E-state index contributed by atoms with van der Waals surface area (Å²) in [6.45, 7) is 4.23. The molecule has 0 aliphatic carbocycles. The number of piperidine rings is 1. The first-order chi connectivity index (χ1) is 7.20. The van der Waals surface area contributed by atoms with Gasteiger partial charge in [-0.25, -0.2) is 9.78 Å². The maximum Gasteiger partial charge on any atom is 0.329 e. The van der Waals surface area contributed by atoms with Gasteiger partial charge >= 0.3 is 6.03 Å². The molecule has 0 aromatic carbocycles. The Morgan fingerprint density at radius 2 is 2.00 bits per heavy atom. The predicted molar refractivity (Wildman–Crippen MR) is 57.6 cm³/mol. The molecule has 1 aromatic heterocycles. The summed E-state index contributed by atoms with van der Waals surface area (Å²) in [7, 11) is 0. The van der Waals surface area contributed by atoms with E-state index in [4.69, 9.17) is 0 Å². The van der Waals surface area contributed by atoms with Crippen molar-refractivity contribution in [2.45, 2.75) is 45.2 Å². The van der Waals surface area contributed by atoms with Gasteiger partial charge in [0.2, 0.25) is 0 Å². The third-order valence-electron chi connectivity index (χ3n) is 3.14. The zero-order chi connectivity index (χ0) is 10.8. The standard InChI is InChI=1S/C11H17N3O/c1-9-4-3-5-10(2)14(9)11(15)13-7-6-12-8-13/h6-10H,3-5H2,1-2H3. The Morgan fingerprint density at radius 1 is 1.33 bits per heavy atom. The first-order valence-corrected chi connectivity index (χ1v) is 5.51. The van der Waals surface area contributed by atoms with Crippen LogP contribution in [0.1, 0.15) is 33.1 Å². The number of likely N-dealkylation sites (tertiary alicyclic amines) is 1. The molecule has 2 atom stereocenters. The molecule has 0 saturated carbocycles. The lowest BCUT2D eigenvalue weighted by molar-refractivity contribution is 0.124. The van der Waals surface area contributed by atoms with E-state index in [1.165, 1.54) is 6.42 Å². The molecule has 1 aliphatic rings. The Morgan fingerprint density at radius 3 is 2.53 bits per heavy atom. The molecule has 0 spiro atoms. The Bertz CT molecular complexity index is 324. The van der Waals surface area contributed by atoms with E-state index >= 15 is 0 Å². The van der Waals surface area contributed by atoms with Gasteiger partial charge in [0, 0.05) is 24.5 Å². The molecule has 1 saturated heterocycles. The fourth-order valence-corrected chi connectivity index (χ4v) is 2.30. The van der Waals surface area contributed by atoms with Gasteiger partial charge in [-0.2, -0.15) is 0 Å². The number of rotatable bonds is 0. The molecule has 4 heteroatoms. The topological polar surface area (TPSA) is 38.1 Å². The SMILES string of the molecule is CC1CCCC(C)N1C(=O)n1ccnc1. The Labute approximate surface area is 89.9 Å². The van der Waals surface area contributed by atoms with Crippen LogP contribution in [0.5, 0.6) is 0 Å². The van der Waals surface area contributed by atoms with Crippen molar-refractivity contribution in [1.82, 2.24) is 14.5 Å². The van der Waals surface area contributed by atoms with Crippen molar-refractivity contribution in [2.75, 3.05) is 0 Å². The minimum Gasteiger partial charge on any atom is -0.319 e. The van der Waals surface area contributed by atoms with Gasteiger partial charge in [-0.15, -0.1) is 0 Å². The van der Waals surface area contributed by atoms with E-state index in [1.807, 2.05) is 4.90 Å². The molecule has 0 bridgehead atoms. The molecule has 2 heterocycles. The quantitative estimate of drug-likeness (QED) is 0.653. The summed E-state index contributed by atoms with van der Waals surface area (Å²) in [5, 5.41) is 0. The van der Waals surface area contributed by atoms with Crippen LogP contribution in [0, 0.1) is 0 Å². The third-order valence-corrected chi connectivity index (χ3v) is 3.14. The van der Waals surface area contributed by atoms with E-state index in [2.05, 4.69) is 18.8 Å². The van der Waals surface area contributed by atoms with E-state index in [-0.39, 0.29) is 6.03 Å². The van der Waals surface area contributed by atoms with Gasteiger partial charge in [0.25, 0.3) is 0 Å². The normalized spacial score (nSPS) is 26.7. The van der Waals surface area contributed by atoms with E-state index in [1.54, 1.807) is 23.3 Å². The van der Waals surface area contributed by atoms with Gasteiger partial charge in [-0.05, 0) is 33.1 Å². The van der Waals surface area contributed by atoms with Gasteiger partial charge in [0.05, 0.1) is 0 Å². The van der Waals surface area contributed by atoms with E-state index in [0.29, 0.717) is 12.1 Å². The monoisotopic (exact) mass is 207 g/mol. The van der Waals surface area contributed by atoms with E-state index < -0.39 is 0 Å². The highest BCUT2D eigenvalue weighted by atomic mass is 16.2. The highest BCUT2D eigenvalue weighted by molar-refractivity contribution is 5.77. The molecule has 0 N–H and O–H groups in total. The third kappa shape index (κ3) is 1.89. The summed E-state index contributed by atoms with van der Waals surface area (Å²) in [5.74, 6) is 0. The van der Waals surface area contributed by atoms with Crippen LogP contribution >= 0.6 is 0 Å². The van der Waals surface area contributed by atoms with Gasteiger partial charge in [0.1, 0.15) is 6.33 Å². The predicted octanol–water partition coefficient (Wildman–Crippen LogP) is 2.11. The number of imidazole rings is 1. The summed E-state index contributed by atoms with van der Waals surface area (Å²) in [6.07, 6.45) is 8.33. The lowest BCUT2D eigenvalue weighted by atomic mass is 9.98. The second kappa shape index (κ2) is 4.04. The van der Waals surface area contributed by atoms with Crippen LogP contribution in [-0.2, 0) is 0 Å². The summed E-state index contributed by atoms with van der Waals surface area (Å²) in [4.78, 5) is 18.0. The molecular weight excluding hydrogens is 190 g/mol. The largest absolute Gasteiger partial charge is 0.329 e. The van der Waals surface area contributed by atoms with Crippen LogP contribution in [0.2, 0.25) is 0 Å². The molecule has 82 valence electrons. The van der Waals surface area contributed by atoms with E-state index in [0.717, 1.165) is 12.8 Å². The van der Waals surface area contributed by atoms with Crippen molar-refractivity contribution in [3.05, 3.63) is 18.7 Å². The lowest BCUT2D eigenvalue weighted by Crippen LogP contribution is -2.49. The van der Waals surface area contributed by atoms with Crippen molar-refractivity contribution in [2.24, 2.45) is 0 Å². The molecule has 1 aromatic rings. The molecular formula is C11H17N3O. The van der Waals surface area contributed by atoms with Gasteiger partial charge < -0.3 is 4.90 Å². The van der Waals surface area contributed by atoms with Crippen molar-refractivity contribution in [3.8, 4) is 0 Å². The Kier molecular flexibility index (Phi) is 2.75. The molecule has 1 amide bonds. The summed E-state index contributed by atoms with van der Waals surface area (Å²) in [6, 6.07) is 0.722. The van der Waals surface area contributed by atoms with Crippen LogP contribution < -0.4 is 0 Å². The second-order valence-corrected chi connectivity index (χ2v) is 4.29. The molecule has 1 aliphatic heterocycles. The fraction of sp³-hybridized carbons (Fsp3) is 0.636. The number of hydrogen-bond donors (Lipinski definition) is 0. The van der Waals surface area contributed by atoms with Crippen LogP contribution in [-0.4, -0.2) is 32.6 Å². The number of hydrogen-bond acceptors (Lipinski definition) is 2. The first kappa shape index (κ1) is 10.2. The highest BCUT2D eigenvalue weighted by Gasteiger charge is 2.29. The Balaban J connectivity index is 2.17. The zero-order valence-corrected chi connectivity index (χ0v) is 9.26. The fourth-order valence-electron chi connectivity index (χ4n) is 2.30. The molecule has 1 fully saturated rings. The van der Waals surface area contributed by atoms with Crippen LogP contribution in [0.3, 0.4) is 0 Å². The maximum atomic E-state index is 12.1. The number of carbonyl (C=O) groups is 1. The minimum atomic E-state index is 0.0483. The summed E-state index contributed by atoms with van der Waals surface area (Å²) in [5.41, 5.74) is 0. The summed E-state index contributed by atoms with van der Waals surface area (Å²) >= 11 is 0. The van der Waals surface area contributed by atoms with E-state index in [9.17, 15) is 4.79 Å². The van der Waals surface area contributed by atoms with Gasteiger partial charge in [-0.1, -0.05) is 0 Å². The van der Waals surface area contributed by atoms with Crippen LogP contribution in [0.4, 0.5) is 4.79 Å². The number of nitrogens with zero attached hydrogens (tertiary/aromatic N) is 3. The first-order valence-electron chi connectivity index (χ1n) is 5.51. The van der Waals surface area contributed by atoms with Crippen LogP contribution in [0.25, 0.3) is 0 Å². The second-order valence-electron chi connectivity index (χ2n) is 4.29. The number of aromatic nitrogens is 2. The van der Waals surface area contributed by atoms with Crippen molar-refractivity contribution in [1.29, 1.82) is 0 Å². The average molecular weight is 207 g/mol. The highest BCUT2D eigenvalue weighted by Crippen LogP contribution is 2.23. The molecule has 0 radical (unpaired) electrons. The van der Waals surface area contributed by atoms with Gasteiger partial charge in [0.15, 0.2) is 0 Å². The van der Waals surface area contributed by atoms with Crippen molar-refractivity contribution >= 4 is 6.03 Å². The zero-order valence-electron chi connectivity index (χ0n) is 9.26. The van der Waals surface area contributed by atoms with Gasteiger partial charge in [-0.3, -0.25) is 4.57 Å². The molecule has 2 rings (SSSR count). The van der Waals surface area contributed by atoms with Crippen LogP contribution in [0.15, 0.2) is 18.7 Å². The summed E-state index contributed by atoms with van der Waals surface area (Å²) < 4.78 is 1.55. The van der Waals surface area contributed by atoms with Crippen molar-refractivity contribution < 1.29 is 4.79 Å². The molecule has 4 nitrogen and oxygen atoms in total. The molecule has 2 unspecified atom stereocenters. The molecule has 15 heavy (non-hydrogen) atoms. The van der Waals surface area contributed by atoms with Crippen molar-refractivity contribution in [3.63, 3.8) is 0 Å².